The molecule has 0 spiro atoms. The number of halogens is 2. The predicted octanol–water partition coefficient (Wildman–Crippen LogP) is 2.13. The molecule has 12 heteroatoms. The van der Waals surface area contributed by atoms with E-state index in [0.717, 1.165) is 0 Å². The van der Waals surface area contributed by atoms with Crippen molar-refractivity contribution in [1.82, 2.24) is 49.2 Å². The van der Waals surface area contributed by atoms with E-state index in [1.165, 1.54) is 0 Å². The largest absolute Gasteiger partial charge is 0.344 e. The Morgan fingerprint density at radius 2 is 0.333 bits per heavy atom. The Morgan fingerprint density at radius 3 is 0.333 bits per heavy atom. The predicted molar refractivity (Wildman–Crippen MR) is 54.7 cm³/mol. The maximum Gasteiger partial charge on any atom is 0 e. The topological polar surface area (TPSA) is 280 Å². The summed E-state index contributed by atoms with van der Waals surface area (Å²) in [5.74, 6) is 0. The van der Waals surface area contributed by atoms with E-state index in [9.17, 15) is 0 Å². The zero-order valence-electron chi connectivity index (χ0n) is 7.11. The Kier molecular flexibility index (Phi) is 45600. The average molecular weight is 511 g/mol. The Morgan fingerprint density at radius 1 is 0.333 bits per heavy atom. The minimum atomic E-state index is 0. The monoisotopic (exact) mass is 509 g/mol. The van der Waals surface area contributed by atoms with Crippen molar-refractivity contribution in [2.75, 3.05) is 0 Å². The van der Waals surface area contributed by atoms with E-state index in [1.54, 1.807) is 0 Å². The number of hydrogen-bond acceptors (Lipinski definition) is 8. The van der Waals surface area contributed by atoms with Crippen LogP contribution in [0.15, 0.2) is 0 Å². The zero-order valence-corrected chi connectivity index (χ0v) is 12.6. The first-order valence-electron chi connectivity index (χ1n) is 0. The Balaban J connectivity index is 0. The Hall–Kier alpha value is 1.61. The molecule has 0 bridgehead atoms. The molecule has 0 rings (SSSR count). The van der Waals surface area contributed by atoms with Gasteiger partial charge in [-0.2, -0.15) is 0 Å². The standard InChI is InChI=1S/2ClH.8H3N.Pd.Pt/h2*1H;8*1H3;;. The Bertz CT molecular complexity index is 17.0. The van der Waals surface area contributed by atoms with E-state index in [1.807, 2.05) is 0 Å². The van der Waals surface area contributed by atoms with Crippen molar-refractivity contribution in [3.8, 4) is 0 Å². The summed E-state index contributed by atoms with van der Waals surface area (Å²) in [7, 11) is 0. The van der Waals surface area contributed by atoms with Crippen molar-refractivity contribution < 1.29 is 41.5 Å². The minimum absolute atomic E-state index is 0. The van der Waals surface area contributed by atoms with Crippen molar-refractivity contribution in [3.05, 3.63) is 0 Å². The molecule has 0 aromatic carbocycles. The van der Waals surface area contributed by atoms with E-state index in [4.69, 9.17) is 0 Å². The maximum absolute atomic E-state index is 0. The van der Waals surface area contributed by atoms with Gasteiger partial charge in [-0.3, -0.25) is 0 Å². The smallest absolute Gasteiger partial charge is 0 e. The van der Waals surface area contributed by atoms with E-state index in [2.05, 4.69) is 0 Å². The molecule has 0 aromatic heterocycles. The van der Waals surface area contributed by atoms with Gasteiger partial charge in [-0.1, -0.05) is 0 Å². The van der Waals surface area contributed by atoms with Crippen molar-refractivity contribution in [3.63, 3.8) is 0 Å². The second-order valence-corrected chi connectivity index (χ2v) is 0. The van der Waals surface area contributed by atoms with Crippen LogP contribution in [0.5, 0.6) is 0 Å². The molecule has 0 aliphatic heterocycles. The fourth-order valence-electron chi connectivity index (χ4n) is 0. The van der Waals surface area contributed by atoms with Crippen LogP contribution in [0.25, 0.3) is 0 Å². The van der Waals surface area contributed by atoms with Gasteiger partial charge in [0, 0.05) is 41.5 Å². The zero-order chi connectivity index (χ0) is 0. The van der Waals surface area contributed by atoms with Gasteiger partial charge in [0.1, 0.15) is 0 Å². The van der Waals surface area contributed by atoms with E-state index in [-0.39, 0.29) is 116 Å². The number of rotatable bonds is 0. The van der Waals surface area contributed by atoms with Gasteiger partial charge in [0.25, 0.3) is 0 Å². The molecule has 8 nitrogen and oxygen atoms in total. The Labute approximate surface area is 115 Å². The van der Waals surface area contributed by atoms with Crippen molar-refractivity contribution in [2.45, 2.75) is 0 Å². The third-order valence-corrected chi connectivity index (χ3v) is 0. The van der Waals surface area contributed by atoms with Crippen LogP contribution in [0.4, 0.5) is 0 Å². The molecule has 24 N–H and O–H groups in total. The third-order valence-electron chi connectivity index (χ3n) is 0. The fraction of sp³-hybridized carbons (Fsp3) is 0. The molecule has 0 unspecified atom stereocenters. The molecule has 0 aromatic rings. The molecular weight excluding hydrogens is 484 g/mol. The molecule has 12 heavy (non-hydrogen) atoms. The second-order valence-electron chi connectivity index (χ2n) is 0. The summed E-state index contributed by atoms with van der Waals surface area (Å²) >= 11 is 0. The molecule has 0 atom stereocenters. The normalized spacial score (nSPS) is 0. The molecule has 0 aliphatic rings. The first kappa shape index (κ1) is 834. The molecule has 0 saturated carbocycles. The van der Waals surface area contributed by atoms with E-state index < -0.39 is 0 Å². The van der Waals surface area contributed by atoms with Crippen LogP contribution in [-0.2, 0) is 41.5 Å². The van der Waals surface area contributed by atoms with Crippen LogP contribution in [0, 0.1) is 0 Å². The molecule has 0 aliphatic carbocycles. The van der Waals surface area contributed by atoms with Gasteiger partial charge >= 0.3 is 0 Å². The van der Waals surface area contributed by atoms with Gasteiger partial charge in [0.15, 0.2) is 0 Å². The molecule has 100 valence electrons. The summed E-state index contributed by atoms with van der Waals surface area (Å²) in [6.45, 7) is 0. The first-order valence-corrected chi connectivity index (χ1v) is 0. The van der Waals surface area contributed by atoms with Crippen molar-refractivity contribution in [1.29, 1.82) is 0 Å². The van der Waals surface area contributed by atoms with E-state index >= 15 is 0 Å². The van der Waals surface area contributed by atoms with Gasteiger partial charge in [0.05, 0.1) is 0 Å². The third kappa shape index (κ3) is 504. The fourth-order valence-corrected chi connectivity index (χ4v) is 0. The molecule has 0 saturated heterocycles. The molecule has 0 amide bonds. The van der Waals surface area contributed by atoms with Crippen LogP contribution >= 0.6 is 24.8 Å². The van der Waals surface area contributed by atoms with Gasteiger partial charge in [-0.05, 0) is 0 Å². The van der Waals surface area contributed by atoms with Crippen LogP contribution < -0.4 is 49.2 Å². The van der Waals surface area contributed by atoms with Crippen LogP contribution in [0.3, 0.4) is 0 Å². The second kappa shape index (κ2) is 655. The summed E-state index contributed by atoms with van der Waals surface area (Å²) < 4.78 is 0. The molecule has 0 heterocycles. The molecule has 0 fully saturated rings. The van der Waals surface area contributed by atoms with Gasteiger partial charge < -0.3 is 49.2 Å². The first-order chi connectivity index (χ1) is 0. The minimum Gasteiger partial charge on any atom is -0.344 e. The quantitative estimate of drug-likeness (QED) is 0.223. The van der Waals surface area contributed by atoms with Crippen LogP contribution in [0.1, 0.15) is 0 Å². The van der Waals surface area contributed by atoms with E-state index in [0.29, 0.717) is 0 Å². The average Bonchev–Trinajstić information content (AvgIpc) is 0. The maximum atomic E-state index is 0. The van der Waals surface area contributed by atoms with Crippen molar-refractivity contribution in [2.24, 2.45) is 0 Å². The van der Waals surface area contributed by atoms with Crippen LogP contribution in [0.2, 0.25) is 0 Å². The summed E-state index contributed by atoms with van der Waals surface area (Å²) in [5, 5.41) is 0. The molecule has 0 radical (unpaired) electrons. The SMILES string of the molecule is Cl.Cl.N.N.N.N.N.N.N.N.[Pd].[Pt]. The van der Waals surface area contributed by atoms with Gasteiger partial charge in [-0.25, -0.2) is 0 Å². The summed E-state index contributed by atoms with van der Waals surface area (Å²) in [4.78, 5) is 0. The summed E-state index contributed by atoms with van der Waals surface area (Å²) in [6.07, 6.45) is 0. The van der Waals surface area contributed by atoms with Gasteiger partial charge in [-0.15, -0.1) is 24.8 Å². The summed E-state index contributed by atoms with van der Waals surface area (Å²) in [6, 6.07) is 0. The van der Waals surface area contributed by atoms with Crippen molar-refractivity contribution >= 4 is 24.8 Å². The molecular formula is H26Cl2N8PdPt. The van der Waals surface area contributed by atoms with Gasteiger partial charge in [0.2, 0.25) is 0 Å². The summed E-state index contributed by atoms with van der Waals surface area (Å²) in [5.41, 5.74) is 0. The van der Waals surface area contributed by atoms with Crippen LogP contribution in [-0.4, -0.2) is 0 Å². The number of hydrogen-bond donors (Lipinski definition) is 8.